The van der Waals surface area contributed by atoms with Crippen molar-refractivity contribution in [2.24, 2.45) is 12.0 Å². The van der Waals surface area contributed by atoms with E-state index in [0.29, 0.717) is 0 Å². The van der Waals surface area contributed by atoms with Gasteiger partial charge in [0.15, 0.2) is 5.96 Å². The van der Waals surface area contributed by atoms with Gasteiger partial charge < -0.3 is 15.5 Å². The maximum Gasteiger partial charge on any atom is 0.191 e. The Kier molecular flexibility index (Phi) is 8.95. The third kappa shape index (κ3) is 5.94. The summed E-state index contributed by atoms with van der Waals surface area (Å²) < 4.78 is 1.85. The summed E-state index contributed by atoms with van der Waals surface area (Å²) in [6, 6.07) is 11.2. The van der Waals surface area contributed by atoms with Crippen molar-refractivity contribution in [3.8, 4) is 0 Å². The monoisotopic (exact) mass is 510 g/mol. The van der Waals surface area contributed by atoms with Crippen LogP contribution in [0.15, 0.2) is 47.7 Å². The van der Waals surface area contributed by atoms with E-state index in [2.05, 4.69) is 76.2 Å². The molecule has 1 aromatic heterocycles. The van der Waals surface area contributed by atoms with Gasteiger partial charge in [-0.25, -0.2) is 0 Å². The molecule has 1 heterocycles. The van der Waals surface area contributed by atoms with E-state index in [9.17, 15) is 0 Å². The van der Waals surface area contributed by atoms with Crippen LogP contribution < -0.4 is 10.6 Å². The van der Waals surface area contributed by atoms with E-state index in [1.165, 1.54) is 36.8 Å². The number of benzene rings is 1. The minimum absolute atomic E-state index is 0. The number of aromatic nitrogens is 2. The molecule has 0 amide bonds. The Labute approximate surface area is 192 Å². The van der Waals surface area contributed by atoms with Crippen LogP contribution in [-0.2, 0) is 12.5 Å². The van der Waals surface area contributed by atoms with Gasteiger partial charge in [-0.2, -0.15) is 5.10 Å². The van der Waals surface area contributed by atoms with E-state index in [-0.39, 0.29) is 35.4 Å². The summed E-state index contributed by atoms with van der Waals surface area (Å²) in [6.07, 6.45) is 9.07. The molecule has 7 heteroatoms. The number of halogens is 1. The van der Waals surface area contributed by atoms with Crippen LogP contribution in [0.1, 0.15) is 42.9 Å². The second-order valence-electron chi connectivity index (χ2n) is 8.09. The molecule has 1 aliphatic rings. The number of nitrogens with zero attached hydrogens (tertiary/aromatic N) is 4. The molecule has 1 aromatic carbocycles. The molecular formula is C22H35IN6. The van der Waals surface area contributed by atoms with Gasteiger partial charge in [-0.1, -0.05) is 43.2 Å². The van der Waals surface area contributed by atoms with Gasteiger partial charge in [-0.3, -0.25) is 9.67 Å². The molecule has 29 heavy (non-hydrogen) atoms. The summed E-state index contributed by atoms with van der Waals surface area (Å²) in [6.45, 7) is 1.69. The molecule has 2 N–H and O–H groups in total. The molecule has 1 saturated carbocycles. The van der Waals surface area contributed by atoms with E-state index in [0.717, 1.165) is 19.0 Å². The van der Waals surface area contributed by atoms with Crippen molar-refractivity contribution >= 4 is 29.9 Å². The maximum atomic E-state index is 4.46. The lowest BCUT2D eigenvalue weighted by molar-refractivity contribution is 0.297. The molecule has 1 atom stereocenters. The SMILES string of the molecule is CN=C(NCC(c1cnn(C)c1)N(C)C)NCC1(c2ccccc2)CCCC1.I. The van der Waals surface area contributed by atoms with Gasteiger partial charge in [0.25, 0.3) is 0 Å². The highest BCUT2D eigenvalue weighted by Gasteiger charge is 2.35. The van der Waals surface area contributed by atoms with Crippen molar-refractivity contribution in [1.82, 2.24) is 25.3 Å². The fourth-order valence-electron chi connectivity index (χ4n) is 4.29. The van der Waals surface area contributed by atoms with E-state index >= 15 is 0 Å². The van der Waals surface area contributed by atoms with Crippen molar-refractivity contribution in [1.29, 1.82) is 0 Å². The zero-order valence-electron chi connectivity index (χ0n) is 18.1. The summed E-state index contributed by atoms with van der Waals surface area (Å²) in [5.41, 5.74) is 2.85. The molecule has 3 rings (SSSR count). The Morgan fingerprint density at radius 1 is 1.21 bits per heavy atom. The third-order valence-electron chi connectivity index (χ3n) is 5.96. The van der Waals surface area contributed by atoms with Crippen molar-refractivity contribution in [3.05, 3.63) is 53.9 Å². The number of aryl methyl sites for hydroxylation is 1. The third-order valence-corrected chi connectivity index (χ3v) is 5.96. The summed E-state index contributed by atoms with van der Waals surface area (Å²) in [5.74, 6) is 0.859. The summed E-state index contributed by atoms with van der Waals surface area (Å²) in [4.78, 5) is 6.67. The first-order chi connectivity index (χ1) is 13.5. The minimum Gasteiger partial charge on any atom is -0.356 e. The Hall–Kier alpha value is -1.61. The van der Waals surface area contributed by atoms with Crippen molar-refractivity contribution in [3.63, 3.8) is 0 Å². The Morgan fingerprint density at radius 2 is 1.90 bits per heavy atom. The number of hydrogen-bond donors (Lipinski definition) is 2. The minimum atomic E-state index is 0. The van der Waals surface area contributed by atoms with Crippen LogP contribution in [-0.4, -0.2) is 54.9 Å². The molecular weight excluding hydrogens is 475 g/mol. The topological polar surface area (TPSA) is 57.5 Å². The van der Waals surface area contributed by atoms with Crippen LogP contribution in [0.4, 0.5) is 0 Å². The highest BCUT2D eigenvalue weighted by molar-refractivity contribution is 14.0. The number of rotatable bonds is 7. The lowest BCUT2D eigenvalue weighted by atomic mass is 9.79. The first-order valence-electron chi connectivity index (χ1n) is 10.2. The molecule has 160 valence electrons. The Balaban J connectivity index is 0.00000300. The quantitative estimate of drug-likeness (QED) is 0.341. The normalized spacial score (nSPS) is 17.1. The summed E-state index contributed by atoms with van der Waals surface area (Å²) in [5, 5.41) is 11.4. The smallest absolute Gasteiger partial charge is 0.191 e. The molecule has 0 aliphatic heterocycles. The predicted octanol–water partition coefficient (Wildman–Crippen LogP) is 3.32. The van der Waals surface area contributed by atoms with Gasteiger partial charge in [0, 0.05) is 44.4 Å². The molecule has 1 aliphatic carbocycles. The molecule has 1 fully saturated rings. The predicted molar refractivity (Wildman–Crippen MR) is 131 cm³/mol. The molecule has 0 saturated heterocycles. The molecule has 6 nitrogen and oxygen atoms in total. The van der Waals surface area contributed by atoms with Crippen molar-refractivity contribution in [2.45, 2.75) is 37.1 Å². The van der Waals surface area contributed by atoms with Crippen LogP contribution in [0.25, 0.3) is 0 Å². The van der Waals surface area contributed by atoms with Crippen molar-refractivity contribution in [2.75, 3.05) is 34.2 Å². The van der Waals surface area contributed by atoms with E-state index < -0.39 is 0 Å². The van der Waals surface area contributed by atoms with Gasteiger partial charge in [-0.05, 0) is 32.5 Å². The highest BCUT2D eigenvalue weighted by Crippen LogP contribution is 2.40. The Bertz CT molecular complexity index is 765. The fourth-order valence-corrected chi connectivity index (χ4v) is 4.29. The molecule has 1 unspecified atom stereocenters. The average molecular weight is 510 g/mol. The second kappa shape index (κ2) is 11.0. The van der Waals surface area contributed by atoms with Gasteiger partial charge in [-0.15, -0.1) is 24.0 Å². The lowest BCUT2D eigenvalue weighted by Crippen LogP contribution is -2.46. The van der Waals surface area contributed by atoms with Crippen LogP contribution in [0.3, 0.4) is 0 Å². The molecule has 0 bridgehead atoms. The van der Waals surface area contributed by atoms with Crippen LogP contribution in [0.2, 0.25) is 0 Å². The fraction of sp³-hybridized carbons (Fsp3) is 0.545. The van der Waals surface area contributed by atoms with Crippen LogP contribution in [0.5, 0.6) is 0 Å². The van der Waals surface area contributed by atoms with Crippen LogP contribution in [0, 0.1) is 0 Å². The van der Waals surface area contributed by atoms with Gasteiger partial charge in [0.1, 0.15) is 0 Å². The van der Waals surface area contributed by atoms with Crippen LogP contribution >= 0.6 is 24.0 Å². The highest BCUT2D eigenvalue weighted by atomic mass is 127. The van der Waals surface area contributed by atoms with Gasteiger partial charge in [0.05, 0.1) is 12.2 Å². The summed E-state index contributed by atoms with van der Waals surface area (Å²) >= 11 is 0. The molecule has 0 spiro atoms. The molecule has 0 radical (unpaired) electrons. The first-order valence-corrected chi connectivity index (χ1v) is 10.2. The number of hydrogen-bond acceptors (Lipinski definition) is 3. The second-order valence-corrected chi connectivity index (χ2v) is 8.09. The lowest BCUT2D eigenvalue weighted by Gasteiger charge is -2.31. The number of nitrogens with one attached hydrogen (secondary N) is 2. The zero-order chi connectivity index (χ0) is 20.0. The van der Waals surface area contributed by atoms with E-state index in [1.807, 2.05) is 25.0 Å². The van der Waals surface area contributed by atoms with E-state index in [1.54, 1.807) is 0 Å². The van der Waals surface area contributed by atoms with Gasteiger partial charge >= 0.3 is 0 Å². The standard InChI is InChI=1S/C22H34N6.HI/c1-23-21(24-15-20(27(2)3)18-14-26-28(4)16-18)25-17-22(12-8-9-13-22)19-10-6-5-7-11-19;/h5-7,10-11,14,16,20H,8-9,12-13,15,17H2,1-4H3,(H2,23,24,25);1H. The first kappa shape index (κ1) is 23.7. The van der Waals surface area contributed by atoms with E-state index in [4.69, 9.17) is 0 Å². The number of aliphatic imine (C=N–C) groups is 1. The summed E-state index contributed by atoms with van der Waals surface area (Å²) in [7, 11) is 7.99. The number of likely N-dealkylation sites (N-methyl/N-ethyl adjacent to an activating group) is 1. The van der Waals surface area contributed by atoms with Gasteiger partial charge in [0.2, 0.25) is 0 Å². The zero-order valence-corrected chi connectivity index (χ0v) is 20.4. The Morgan fingerprint density at radius 3 is 2.45 bits per heavy atom. The molecule has 2 aromatic rings. The van der Waals surface area contributed by atoms with Crippen molar-refractivity contribution < 1.29 is 0 Å². The largest absolute Gasteiger partial charge is 0.356 e. The number of guanidine groups is 1. The average Bonchev–Trinajstić information content (AvgIpc) is 3.35. The maximum absolute atomic E-state index is 4.46.